The molecule has 2 aliphatic rings. The van der Waals surface area contributed by atoms with E-state index in [0.29, 0.717) is 25.6 Å². The lowest BCUT2D eigenvalue weighted by atomic mass is 9.95. The van der Waals surface area contributed by atoms with Crippen LogP contribution in [0.4, 0.5) is 5.69 Å². The average Bonchev–Trinajstić information content (AvgIpc) is 2.81. The Kier molecular flexibility index (Phi) is 7.92. The van der Waals surface area contributed by atoms with Crippen molar-refractivity contribution in [2.24, 2.45) is 5.92 Å². The lowest BCUT2D eigenvalue weighted by molar-refractivity contribution is -0.134. The number of carbonyl (C=O) groups is 1. The number of benzene rings is 1. The van der Waals surface area contributed by atoms with Gasteiger partial charge in [-0.25, -0.2) is 8.42 Å². The van der Waals surface area contributed by atoms with Gasteiger partial charge in [0.25, 0.3) is 0 Å². The second-order valence-electron chi connectivity index (χ2n) is 8.09. The molecule has 0 N–H and O–H groups in total. The second kappa shape index (κ2) is 10.5. The molecule has 0 aliphatic carbocycles. The van der Waals surface area contributed by atoms with Crippen LogP contribution in [-0.2, 0) is 14.8 Å². The lowest BCUT2D eigenvalue weighted by Gasteiger charge is -2.38. The van der Waals surface area contributed by atoms with Gasteiger partial charge in [0.1, 0.15) is 0 Å². The molecule has 3 heterocycles. The molecule has 0 saturated carbocycles. The van der Waals surface area contributed by atoms with E-state index in [2.05, 4.69) is 16.5 Å². The zero-order valence-electron chi connectivity index (χ0n) is 18.0. The maximum atomic E-state index is 13.0. The number of carbonyl (C=O) groups excluding carboxylic acids is 1. The van der Waals surface area contributed by atoms with Crippen LogP contribution in [0.2, 0.25) is 0 Å². The number of halogens is 1. The van der Waals surface area contributed by atoms with Gasteiger partial charge in [0.2, 0.25) is 15.9 Å². The molecule has 7 nitrogen and oxygen atoms in total. The first kappa shape index (κ1) is 24.2. The van der Waals surface area contributed by atoms with Crippen LogP contribution in [0.15, 0.2) is 60.3 Å². The van der Waals surface area contributed by atoms with Crippen molar-refractivity contribution >= 4 is 40.1 Å². The highest BCUT2D eigenvalue weighted by Gasteiger charge is 2.34. The van der Waals surface area contributed by atoms with Gasteiger partial charge in [0, 0.05) is 50.8 Å². The summed E-state index contributed by atoms with van der Waals surface area (Å²) in [5, 5.41) is 0. The summed E-state index contributed by atoms with van der Waals surface area (Å²) in [6.07, 6.45) is 7.26. The van der Waals surface area contributed by atoms with E-state index < -0.39 is 10.0 Å². The summed E-state index contributed by atoms with van der Waals surface area (Å²) in [4.78, 5) is 21.2. The summed E-state index contributed by atoms with van der Waals surface area (Å²) in [5.41, 5.74) is 1.92. The quantitative estimate of drug-likeness (QED) is 0.641. The van der Waals surface area contributed by atoms with E-state index >= 15 is 0 Å². The van der Waals surface area contributed by atoms with E-state index in [1.54, 1.807) is 42.7 Å². The predicted octanol–water partition coefficient (Wildman–Crippen LogP) is 2.90. The number of amides is 1. The van der Waals surface area contributed by atoms with E-state index in [1.165, 1.54) is 9.99 Å². The van der Waals surface area contributed by atoms with E-state index in [4.69, 9.17) is 0 Å². The number of pyridine rings is 1. The molecule has 172 valence electrons. The molecule has 9 heteroatoms. The fourth-order valence-corrected chi connectivity index (χ4v) is 5.71. The van der Waals surface area contributed by atoms with Crippen LogP contribution in [-0.4, -0.2) is 67.8 Å². The Morgan fingerprint density at radius 3 is 2.44 bits per heavy atom. The molecule has 4 rings (SSSR count). The maximum absolute atomic E-state index is 13.0. The highest BCUT2D eigenvalue weighted by atomic mass is 35.5. The van der Waals surface area contributed by atoms with E-state index in [0.717, 1.165) is 31.5 Å². The van der Waals surface area contributed by atoms with Crippen molar-refractivity contribution < 1.29 is 13.2 Å². The SMILES string of the molecule is C=Cc1cccc(S(=O)(=O)N2CCN(CC3CCN(c4ccncc4)CC3)C(=O)C2)c1.Cl. The molecule has 2 aromatic rings. The van der Waals surface area contributed by atoms with Crippen LogP contribution in [0.5, 0.6) is 0 Å². The number of anilines is 1. The Bertz CT molecular complexity index is 1040. The van der Waals surface area contributed by atoms with Gasteiger partial charge in [-0.1, -0.05) is 24.8 Å². The van der Waals surface area contributed by atoms with Crippen molar-refractivity contribution in [3.05, 3.63) is 60.9 Å². The minimum Gasteiger partial charge on any atom is -0.371 e. The monoisotopic (exact) mass is 476 g/mol. The normalized spacial score (nSPS) is 18.3. The summed E-state index contributed by atoms with van der Waals surface area (Å²) >= 11 is 0. The van der Waals surface area contributed by atoms with Crippen LogP contribution >= 0.6 is 12.4 Å². The van der Waals surface area contributed by atoms with Crippen molar-refractivity contribution in [2.45, 2.75) is 17.7 Å². The molecule has 0 spiro atoms. The van der Waals surface area contributed by atoms with Gasteiger partial charge in [-0.2, -0.15) is 4.31 Å². The zero-order valence-corrected chi connectivity index (χ0v) is 19.6. The first-order chi connectivity index (χ1) is 15.0. The summed E-state index contributed by atoms with van der Waals surface area (Å²) in [6.45, 7) is 6.95. The minimum atomic E-state index is -3.70. The number of rotatable bonds is 6. The summed E-state index contributed by atoms with van der Waals surface area (Å²) < 4.78 is 27.3. The van der Waals surface area contributed by atoms with Gasteiger partial charge in [0.05, 0.1) is 11.4 Å². The molecule has 1 amide bonds. The third-order valence-electron chi connectivity index (χ3n) is 6.14. The Morgan fingerprint density at radius 2 is 1.78 bits per heavy atom. The largest absolute Gasteiger partial charge is 0.371 e. The van der Waals surface area contributed by atoms with Gasteiger partial charge in [-0.3, -0.25) is 9.78 Å². The molecular weight excluding hydrogens is 448 g/mol. The van der Waals surface area contributed by atoms with Crippen LogP contribution in [0, 0.1) is 5.92 Å². The van der Waals surface area contributed by atoms with Crippen molar-refractivity contribution in [1.29, 1.82) is 0 Å². The van der Waals surface area contributed by atoms with E-state index in [1.807, 2.05) is 17.0 Å². The number of hydrogen-bond acceptors (Lipinski definition) is 5. The Hall–Kier alpha value is -2.42. The number of aromatic nitrogens is 1. The number of hydrogen-bond donors (Lipinski definition) is 0. The zero-order chi connectivity index (χ0) is 21.8. The molecule has 0 radical (unpaired) electrons. The first-order valence-corrected chi connectivity index (χ1v) is 12.1. The molecule has 0 atom stereocenters. The smallest absolute Gasteiger partial charge is 0.243 e. The first-order valence-electron chi connectivity index (χ1n) is 10.6. The molecule has 32 heavy (non-hydrogen) atoms. The number of piperidine rings is 1. The number of nitrogens with zero attached hydrogens (tertiary/aromatic N) is 4. The molecule has 1 aromatic carbocycles. The van der Waals surface area contributed by atoms with Crippen LogP contribution in [0.3, 0.4) is 0 Å². The Labute approximate surface area is 196 Å². The molecule has 2 aliphatic heterocycles. The predicted molar refractivity (Wildman–Crippen MR) is 128 cm³/mol. The Morgan fingerprint density at radius 1 is 1.06 bits per heavy atom. The molecule has 2 fully saturated rings. The molecular formula is C23H29ClN4O3S. The van der Waals surface area contributed by atoms with Gasteiger partial charge in [-0.05, 0) is 48.6 Å². The minimum absolute atomic E-state index is 0. The maximum Gasteiger partial charge on any atom is 0.243 e. The third kappa shape index (κ3) is 5.31. The number of piperazine rings is 1. The third-order valence-corrected chi connectivity index (χ3v) is 7.98. The summed E-state index contributed by atoms with van der Waals surface area (Å²) in [7, 11) is -3.70. The van der Waals surface area contributed by atoms with Crippen molar-refractivity contribution in [1.82, 2.24) is 14.2 Å². The molecule has 0 unspecified atom stereocenters. The van der Waals surface area contributed by atoms with Crippen molar-refractivity contribution in [3.63, 3.8) is 0 Å². The topological polar surface area (TPSA) is 73.8 Å². The fraction of sp³-hybridized carbons (Fsp3) is 0.391. The van der Waals surface area contributed by atoms with Crippen molar-refractivity contribution in [2.75, 3.05) is 44.2 Å². The summed E-state index contributed by atoms with van der Waals surface area (Å²) in [5.74, 6) is 0.320. The average molecular weight is 477 g/mol. The highest BCUT2D eigenvalue weighted by Crippen LogP contribution is 2.25. The lowest BCUT2D eigenvalue weighted by Crippen LogP contribution is -2.53. The standard InChI is InChI=1S/C23H28N4O3S.ClH/c1-2-19-4-3-5-22(16-19)31(29,30)27-15-14-26(23(28)18-27)17-20-8-12-25(13-9-20)21-6-10-24-11-7-21;/h2-7,10-11,16,20H,1,8-9,12-15,17-18H2;1H. The Balaban J connectivity index is 0.00000289. The van der Waals surface area contributed by atoms with E-state index in [-0.39, 0.29) is 29.8 Å². The van der Waals surface area contributed by atoms with Crippen LogP contribution < -0.4 is 4.90 Å². The molecule has 1 aromatic heterocycles. The van der Waals surface area contributed by atoms with Crippen LogP contribution in [0.1, 0.15) is 18.4 Å². The van der Waals surface area contributed by atoms with Gasteiger partial charge < -0.3 is 9.80 Å². The fourth-order valence-electron chi connectivity index (χ4n) is 4.28. The summed E-state index contributed by atoms with van der Waals surface area (Å²) in [6, 6.07) is 10.7. The van der Waals surface area contributed by atoms with Gasteiger partial charge in [0.15, 0.2) is 0 Å². The second-order valence-corrected chi connectivity index (χ2v) is 10.0. The number of sulfonamides is 1. The van der Waals surface area contributed by atoms with Gasteiger partial charge in [-0.15, -0.1) is 12.4 Å². The molecule has 0 bridgehead atoms. The van der Waals surface area contributed by atoms with Crippen LogP contribution in [0.25, 0.3) is 6.08 Å². The van der Waals surface area contributed by atoms with Gasteiger partial charge >= 0.3 is 0 Å². The van der Waals surface area contributed by atoms with Crippen molar-refractivity contribution in [3.8, 4) is 0 Å². The molecule has 2 saturated heterocycles. The van der Waals surface area contributed by atoms with E-state index in [9.17, 15) is 13.2 Å². The highest BCUT2D eigenvalue weighted by molar-refractivity contribution is 7.89.